The lowest BCUT2D eigenvalue weighted by atomic mass is 10.2. The van der Waals surface area contributed by atoms with E-state index in [2.05, 4.69) is 17.2 Å². The van der Waals surface area contributed by atoms with Crippen molar-refractivity contribution in [3.05, 3.63) is 68.6 Å². The fraction of sp³-hybridized carbons (Fsp3) is 0.0588. The first-order valence-corrected chi connectivity index (χ1v) is 8.46. The number of benzene rings is 2. The lowest BCUT2D eigenvalue weighted by molar-refractivity contribution is -0.118. The standard InChI is InChI=1S/C17H12Cl4N2O2/c1-9(17(25)23-11-3-5-13(19)15(21)8-11)6-16(24)22-10-2-4-12(18)14(20)7-10/h2-5,7-8H,1,6H2,(H,22,24)(H,23,25). The fourth-order valence-corrected chi connectivity index (χ4v) is 2.44. The van der Waals surface area contributed by atoms with Crippen molar-refractivity contribution in [3.63, 3.8) is 0 Å². The smallest absolute Gasteiger partial charge is 0.251 e. The molecule has 0 heterocycles. The zero-order valence-corrected chi connectivity index (χ0v) is 15.7. The summed E-state index contributed by atoms with van der Waals surface area (Å²) in [6, 6.07) is 9.33. The largest absolute Gasteiger partial charge is 0.326 e. The summed E-state index contributed by atoms with van der Waals surface area (Å²) in [7, 11) is 0. The van der Waals surface area contributed by atoms with Crippen LogP contribution in [-0.4, -0.2) is 11.8 Å². The second-order valence-corrected chi connectivity index (χ2v) is 6.67. The van der Waals surface area contributed by atoms with E-state index in [9.17, 15) is 9.59 Å². The minimum Gasteiger partial charge on any atom is -0.326 e. The van der Waals surface area contributed by atoms with Crippen LogP contribution in [0.1, 0.15) is 6.42 Å². The fourth-order valence-electron chi connectivity index (χ4n) is 1.85. The van der Waals surface area contributed by atoms with E-state index < -0.39 is 11.8 Å². The number of carbonyl (C=O) groups is 2. The predicted octanol–water partition coefficient (Wildman–Crippen LogP) is 5.82. The van der Waals surface area contributed by atoms with Crippen LogP contribution in [0.25, 0.3) is 0 Å². The number of nitrogens with one attached hydrogen (secondary N) is 2. The van der Waals surface area contributed by atoms with Crippen LogP contribution < -0.4 is 10.6 Å². The molecule has 0 spiro atoms. The first-order chi connectivity index (χ1) is 11.8. The summed E-state index contributed by atoms with van der Waals surface area (Å²) in [6.07, 6.45) is -0.187. The molecule has 2 amide bonds. The minimum atomic E-state index is -0.498. The number of carbonyl (C=O) groups excluding carboxylic acids is 2. The van der Waals surface area contributed by atoms with Crippen molar-refractivity contribution in [1.82, 2.24) is 0 Å². The van der Waals surface area contributed by atoms with Crippen LogP contribution in [0, 0.1) is 0 Å². The summed E-state index contributed by atoms with van der Waals surface area (Å²) >= 11 is 23.4. The molecule has 2 aromatic rings. The molecule has 0 saturated heterocycles. The topological polar surface area (TPSA) is 58.2 Å². The van der Waals surface area contributed by atoms with Crippen LogP contribution in [0.2, 0.25) is 20.1 Å². The molecule has 0 aliphatic carbocycles. The van der Waals surface area contributed by atoms with Gasteiger partial charge in [0.2, 0.25) is 5.91 Å². The van der Waals surface area contributed by atoms with Crippen LogP contribution in [0.4, 0.5) is 11.4 Å². The summed E-state index contributed by atoms with van der Waals surface area (Å²) in [5.74, 6) is -0.907. The van der Waals surface area contributed by atoms with Crippen molar-refractivity contribution >= 4 is 69.6 Å². The summed E-state index contributed by atoms with van der Waals surface area (Å²) in [5.41, 5.74) is 1.01. The highest BCUT2D eigenvalue weighted by molar-refractivity contribution is 6.42. The molecule has 0 unspecified atom stereocenters. The van der Waals surface area contributed by atoms with E-state index in [1.54, 1.807) is 24.3 Å². The van der Waals surface area contributed by atoms with Crippen molar-refractivity contribution in [2.24, 2.45) is 0 Å². The first-order valence-electron chi connectivity index (χ1n) is 6.95. The molecule has 130 valence electrons. The van der Waals surface area contributed by atoms with Crippen LogP contribution in [0.15, 0.2) is 48.6 Å². The SMILES string of the molecule is C=C(CC(=O)Nc1ccc(Cl)c(Cl)c1)C(=O)Nc1ccc(Cl)c(Cl)c1. The third kappa shape index (κ3) is 5.65. The van der Waals surface area contributed by atoms with Crippen LogP contribution in [0.5, 0.6) is 0 Å². The van der Waals surface area contributed by atoms with Crippen LogP contribution in [0.3, 0.4) is 0 Å². The number of rotatable bonds is 5. The molecule has 0 saturated carbocycles. The zero-order chi connectivity index (χ0) is 18.6. The summed E-state index contributed by atoms with van der Waals surface area (Å²) < 4.78 is 0. The third-order valence-corrected chi connectivity index (χ3v) is 4.55. The maximum Gasteiger partial charge on any atom is 0.251 e. The Bertz CT molecular complexity index is 853. The van der Waals surface area contributed by atoms with Gasteiger partial charge in [-0.2, -0.15) is 0 Å². The molecule has 0 aromatic heterocycles. The lowest BCUT2D eigenvalue weighted by Crippen LogP contribution is -2.19. The number of hydrogen-bond donors (Lipinski definition) is 2. The second kappa shape index (κ2) is 8.59. The van der Waals surface area contributed by atoms with Gasteiger partial charge in [0, 0.05) is 16.9 Å². The van der Waals surface area contributed by atoms with Gasteiger partial charge in [-0.3, -0.25) is 9.59 Å². The normalized spacial score (nSPS) is 10.2. The maximum atomic E-state index is 12.1. The van der Waals surface area contributed by atoms with Crippen molar-refractivity contribution in [3.8, 4) is 0 Å². The van der Waals surface area contributed by atoms with Gasteiger partial charge in [0.05, 0.1) is 26.5 Å². The number of amides is 2. The maximum absolute atomic E-state index is 12.1. The Hall–Kier alpha value is -1.72. The highest BCUT2D eigenvalue weighted by Crippen LogP contribution is 2.26. The molecule has 8 heteroatoms. The molecule has 0 bridgehead atoms. The third-order valence-electron chi connectivity index (χ3n) is 3.08. The molecule has 2 aromatic carbocycles. The molecule has 25 heavy (non-hydrogen) atoms. The van der Waals surface area contributed by atoms with E-state index in [0.29, 0.717) is 31.5 Å². The van der Waals surface area contributed by atoms with Gasteiger partial charge in [0.15, 0.2) is 0 Å². The monoisotopic (exact) mass is 416 g/mol. The van der Waals surface area contributed by atoms with Gasteiger partial charge >= 0.3 is 0 Å². The summed E-state index contributed by atoms with van der Waals surface area (Å²) in [4.78, 5) is 24.1. The van der Waals surface area contributed by atoms with Gasteiger partial charge in [-0.1, -0.05) is 53.0 Å². The lowest BCUT2D eigenvalue weighted by Gasteiger charge is -2.10. The highest BCUT2D eigenvalue weighted by atomic mass is 35.5. The van der Waals surface area contributed by atoms with Gasteiger partial charge in [0.1, 0.15) is 0 Å². The van der Waals surface area contributed by atoms with Crippen molar-refractivity contribution in [1.29, 1.82) is 0 Å². The number of anilines is 2. The Morgan fingerprint density at radius 1 is 0.800 bits per heavy atom. The van der Waals surface area contributed by atoms with Crippen molar-refractivity contribution in [2.75, 3.05) is 10.6 Å². The Kier molecular flexibility index (Phi) is 6.73. The molecule has 0 aliphatic rings. The molecular formula is C17H12Cl4N2O2. The molecular weight excluding hydrogens is 406 g/mol. The number of halogens is 4. The molecule has 2 N–H and O–H groups in total. The predicted molar refractivity (Wildman–Crippen MR) is 104 cm³/mol. The Labute approximate surface area is 164 Å². The Balaban J connectivity index is 1.93. The van der Waals surface area contributed by atoms with Crippen LogP contribution >= 0.6 is 46.4 Å². The molecule has 4 nitrogen and oxygen atoms in total. The molecule has 2 rings (SSSR count). The summed E-state index contributed by atoms with van der Waals surface area (Å²) in [6.45, 7) is 3.62. The summed E-state index contributed by atoms with van der Waals surface area (Å²) in [5, 5.41) is 6.59. The van der Waals surface area contributed by atoms with E-state index in [0.717, 1.165) is 0 Å². The van der Waals surface area contributed by atoms with Gasteiger partial charge < -0.3 is 10.6 Å². The van der Waals surface area contributed by atoms with E-state index in [1.807, 2.05) is 0 Å². The van der Waals surface area contributed by atoms with E-state index >= 15 is 0 Å². The van der Waals surface area contributed by atoms with Crippen LogP contribution in [-0.2, 0) is 9.59 Å². The van der Waals surface area contributed by atoms with Crippen molar-refractivity contribution in [2.45, 2.75) is 6.42 Å². The Morgan fingerprint density at radius 3 is 1.76 bits per heavy atom. The molecule has 0 radical (unpaired) electrons. The van der Waals surface area contributed by atoms with E-state index in [4.69, 9.17) is 46.4 Å². The van der Waals surface area contributed by atoms with Gasteiger partial charge in [-0.05, 0) is 36.4 Å². The molecule has 0 atom stereocenters. The van der Waals surface area contributed by atoms with Crippen molar-refractivity contribution < 1.29 is 9.59 Å². The molecule has 0 fully saturated rings. The highest BCUT2D eigenvalue weighted by Gasteiger charge is 2.13. The zero-order valence-electron chi connectivity index (χ0n) is 12.7. The van der Waals surface area contributed by atoms with E-state index in [-0.39, 0.29) is 12.0 Å². The van der Waals surface area contributed by atoms with E-state index in [1.165, 1.54) is 12.1 Å². The molecule has 0 aliphatic heterocycles. The number of hydrogen-bond acceptors (Lipinski definition) is 2. The average molecular weight is 418 g/mol. The van der Waals surface area contributed by atoms with Gasteiger partial charge in [0.25, 0.3) is 5.91 Å². The quantitative estimate of drug-likeness (QED) is 0.601. The van der Waals surface area contributed by atoms with Gasteiger partial charge in [-0.25, -0.2) is 0 Å². The first kappa shape index (κ1) is 19.6. The average Bonchev–Trinajstić information content (AvgIpc) is 2.54. The minimum absolute atomic E-state index is 0.0867. The Morgan fingerprint density at radius 2 is 1.28 bits per heavy atom. The second-order valence-electron chi connectivity index (χ2n) is 5.04. The van der Waals surface area contributed by atoms with Gasteiger partial charge in [-0.15, -0.1) is 0 Å².